The van der Waals surface area contributed by atoms with Gasteiger partial charge in [0.25, 0.3) is 0 Å². The van der Waals surface area contributed by atoms with E-state index >= 15 is 0 Å². The molecule has 0 aromatic carbocycles. The van der Waals surface area contributed by atoms with Gasteiger partial charge in [-0.3, -0.25) is 0 Å². The Bertz CT molecular complexity index is 713. The first-order chi connectivity index (χ1) is 15.7. The molecular formula is C30H50O3. The van der Waals surface area contributed by atoms with Crippen molar-refractivity contribution in [2.45, 2.75) is 112 Å². The minimum Gasteiger partial charge on any atom is -0.435 e. The maximum atomic E-state index is 11.8. The molecule has 3 saturated carbocycles. The summed E-state index contributed by atoms with van der Waals surface area (Å²) in [5.41, 5.74) is 0.815. The van der Waals surface area contributed by atoms with Gasteiger partial charge in [0.2, 0.25) is 0 Å². The minimum absolute atomic E-state index is 0.116. The third kappa shape index (κ3) is 4.76. The highest BCUT2D eigenvalue weighted by molar-refractivity contribution is 5.60. The SMILES string of the molecule is CCOC(=O)O[C@@H]1C=C[C@@]2(C)[C@@H](CC[C@H]3[C@H]2CC[C@]2(C)[C@@H]3CC[C@@H]2[C@H](C)CCCC(C)C)C1. The van der Waals surface area contributed by atoms with Crippen LogP contribution in [0.4, 0.5) is 4.79 Å². The number of hydrogen-bond acceptors (Lipinski definition) is 3. The van der Waals surface area contributed by atoms with Crippen molar-refractivity contribution in [2.24, 2.45) is 52.3 Å². The van der Waals surface area contributed by atoms with Crippen molar-refractivity contribution in [1.82, 2.24) is 0 Å². The molecule has 0 amide bonds. The molecule has 33 heavy (non-hydrogen) atoms. The number of fused-ring (bicyclic) bond motifs is 5. The molecule has 4 rings (SSSR count). The first kappa shape index (κ1) is 25.1. The van der Waals surface area contributed by atoms with Gasteiger partial charge in [0.05, 0.1) is 6.61 Å². The third-order valence-electron chi connectivity index (χ3n) is 10.9. The maximum absolute atomic E-state index is 11.8. The predicted octanol–water partition coefficient (Wildman–Crippen LogP) is 8.43. The highest BCUT2D eigenvalue weighted by atomic mass is 16.7. The summed E-state index contributed by atoms with van der Waals surface area (Å²) in [5, 5.41) is 0. The molecule has 0 bridgehead atoms. The van der Waals surface area contributed by atoms with Gasteiger partial charge < -0.3 is 9.47 Å². The number of hydrogen-bond donors (Lipinski definition) is 0. The van der Waals surface area contributed by atoms with Gasteiger partial charge in [0, 0.05) is 0 Å². The summed E-state index contributed by atoms with van der Waals surface area (Å²) in [6.45, 7) is 14.7. The Morgan fingerprint density at radius 2 is 1.82 bits per heavy atom. The summed E-state index contributed by atoms with van der Waals surface area (Å²) in [6.07, 6.45) is 17.5. The molecule has 3 nitrogen and oxygen atoms in total. The Labute approximate surface area is 203 Å². The summed E-state index contributed by atoms with van der Waals surface area (Å²) in [6, 6.07) is 0. The number of allylic oxidation sites excluding steroid dienone is 1. The van der Waals surface area contributed by atoms with Crippen LogP contribution < -0.4 is 0 Å². The molecule has 0 aromatic rings. The zero-order valence-electron chi connectivity index (χ0n) is 22.3. The molecule has 3 heteroatoms. The summed E-state index contributed by atoms with van der Waals surface area (Å²) >= 11 is 0. The van der Waals surface area contributed by atoms with E-state index in [4.69, 9.17) is 9.47 Å². The van der Waals surface area contributed by atoms with Crippen molar-refractivity contribution in [2.75, 3.05) is 6.61 Å². The molecular weight excluding hydrogens is 408 g/mol. The van der Waals surface area contributed by atoms with Gasteiger partial charge in [0.1, 0.15) is 6.10 Å². The summed E-state index contributed by atoms with van der Waals surface area (Å²) in [5.74, 6) is 5.84. The van der Waals surface area contributed by atoms with E-state index in [1.165, 1.54) is 57.8 Å². The highest BCUT2D eigenvalue weighted by Crippen LogP contribution is 2.67. The molecule has 0 N–H and O–H groups in total. The molecule has 0 saturated heterocycles. The van der Waals surface area contributed by atoms with Gasteiger partial charge in [0.15, 0.2) is 0 Å². The van der Waals surface area contributed by atoms with Crippen LogP contribution >= 0.6 is 0 Å². The minimum atomic E-state index is -0.516. The largest absolute Gasteiger partial charge is 0.508 e. The smallest absolute Gasteiger partial charge is 0.435 e. The van der Waals surface area contributed by atoms with Crippen LogP contribution in [0.1, 0.15) is 106 Å². The second-order valence-electron chi connectivity index (χ2n) is 13.0. The standard InChI is InChI=1S/C30H50O3/c1-7-32-28(31)33-23-15-17-29(5)22(19-23)11-12-24-26-14-13-25(21(4)10-8-9-20(2)3)30(26,6)18-16-27(24)29/h15,17,20-27H,7-14,16,18-19H2,1-6H3/t21-,22+,23-,24-,25-,26-,27-,29+,30+/m1/s1. The fourth-order valence-corrected chi connectivity index (χ4v) is 9.16. The monoisotopic (exact) mass is 458 g/mol. The quantitative estimate of drug-likeness (QED) is 0.284. The second kappa shape index (κ2) is 9.94. The van der Waals surface area contributed by atoms with E-state index in [2.05, 4.69) is 46.8 Å². The summed E-state index contributed by atoms with van der Waals surface area (Å²) in [7, 11) is 0. The zero-order chi connectivity index (χ0) is 23.8. The molecule has 0 aromatic heterocycles. The lowest BCUT2D eigenvalue weighted by Crippen LogP contribution is -2.53. The molecule has 0 radical (unpaired) electrons. The van der Waals surface area contributed by atoms with Gasteiger partial charge in [-0.1, -0.05) is 60.0 Å². The van der Waals surface area contributed by atoms with E-state index < -0.39 is 6.16 Å². The lowest BCUT2D eigenvalue weighted by Gasteiger charge is -2.59. The van der Waals surface area contributed by atoms with E-state index in [9.17, 15) is 4.79 Å². The van der Waals surface area contributed by atoms with Crippen LogP contribution in [0.3, 0.4) is 0 Å². The molecule has 0 unspecified atom stereocenters. The summed E-state index contributed by atoms with van der Waals surface area (Å²) in [4.78, 5) is 11.8. The van der Waals surface area contributed by atoms with Crippen molar-refractivity contribution >= 4 is 6.16 Å². The predicted molar refractivity (Wildman–Crippen MR) is 135 cm³/mol. The number of carbonyl (C=O) groups is 1. The van der Waals surface area contributed by atoms with Gasteiger partial charge in [-0.05, 0) is 110 Å². The zero-order valence-corrected chi connectivity index (χ0v) is 22.3. The van der Waals surface area contributed by atoms with Gasteiger partial charge in [-0.15, -0.1) is 0 Å². The molecule has 0 heterocycles. The van der Waals surface area contributed by atoms with E-state index in [0.717, 1.165) is 41.9 Å². The van der Waals surface area contributed by atoms with Crippen LogP contribution in [0.5, 0.6) is 0 Å². The Balaban J connectivity index is 1.43. The molecule has 0 aliphatic heterocycles. The molecule has 4 aliphatic carbocycles. The van der Waals surface area contributed by atoms with Crippen molar-refractivity contribution in [3.8, 4) is 0 Å². The molecule has 3 fully saturated rings. The molecule has 4 aliphatic rings. The van der Waals surface area contributed by atoms with E-state index in [0.29, 0.717) is 17.9 Å². The second-order valence-corrected chi connectivity index (χ2v) is 13.0. The maximum Gasteiger partial charge on any atom is 0.508 e. The van der Waals surface area contributed by atoms with E-state index in [1.807, 2.05) is 6.92 Å². The third-order valence-corrected chi connectivity index (χ3v) is 10.9. The Hall–Kier alpha value is -0.990. The number of rotatable bonds is 7. The van der Waals surface area contributed by atoms with Crippen LogP contribution in [0.2, 0.25) is 0 Å². The van der Waals surface area contributed by atoms with E-state index in [-0.39, 0.29) is 11.5 Å². The molecule has 0 spiro atoms. The van der Waals surface area contributed by atoms with Gasteiger partial charge in [-0.2, -0.15) is 0 Å². The van der Waals surface area contributed by atoms with E-state index in [1.54, 1.807) is 0 Å². The summed E-state index contributed by atoms with van der Waals surface area (Å²) < 4.78 is 10.6. The normalized spacial score (nSPS) is 42.9. The van der Waals surface area contributed by atoms with Crippen molar-refractivity contribution in [1.29, 1.82) is 0 Å². The van der Waals surface area contributed by atoms with Gasteiger partial charge in [-0.25, -0.2) is 4.79 Å². The molecule has 9 atom stereocenters. The van der Waals surface area contributed by atoms with Crippen molar-refractivity contribution < 1.29 is 14.3 Å². The topological polar surface area (TPSA) is 35.5 Å². The average Bonchev–Trinajstić information content (AvgIpc) is 3.11. The Kier molecular flexibility index (Phi) is 7.56. The lowest BCUT2D eigenvalue weighted by molar-refractivity contribution is -0.0928. The van der Waals surface area contributed by atoms with Gasteiger partial charge >= 0.3 is 6.16 Å². The Morgan fingerprint density at radius 1 is 1.03 bits per heavy atom. The van der Waals surface area contributed by atoms with Crippen molar-refractivity contribution in [3.05, 3.63) is 12.2 Å². The first-order valence-electron chi connectivity index (χ1n) is 14.2. The van der Waals surface area contributed by atoms with Crippen LogP contribution in [0.15, 0.2) is 12.2 Å². The van der Waals surface area contributed by atoms with Crippen LogP contribution in [0.25, 0.3) is 0 Å². The highest BCUT2D eigenvalue weighted by Gasteiger charge is 2.60. The van der Waals surface area contributed by atoms with Crippen LogP contribution in [-0.4, -0.2) is 18.9 Å². The average molecular weight is 459 g/mol. The van der Waals surface area contributed by atoms with Crippen molar-refractivity contribution in [3.63, 3.8) is 0 Å². The lowest BCUT2D eigenvalue weighted by atomic mass is 9.45. The van der Waals surface area contributed by atoms with Crippen LogP contribution in [-0.2, 0) is 9.47 Å². The fourth-order valence-electron chi connectivity index (χ4n) is 9.16. The Morgan fingerprint density at radius 3 is 2.55 bits per heavy atom. The fraction of sp³-hybridized carbons (Fsp3) is 0.900. The molecule has 188 valence electrons. The van der Waals surface area contributed by atoms with Crippen LogP contribution in [0, 0.1) is 52.3 Å². The number of ether oxygens (including phenoxy) is 2. The number of carbonyl (C=O) groups excluding carboxylic acids is 1. The first-order valence-corrected chi connectivity index (χ1v) is 14.2.